The van der Waals surface area contributed by atoms with Gasteiger partial charge in [0, 0.05) is 6.54 Å². The van der Waals surface area contributed by atoms with Gasteiger partial charge in [-0.25, -0.2) is 0 Å². The summed E-state index contributed by atoms with van der Waals surface area (Å²) in [4.78, 5) is 11.7. The molecule has 0 radical (unpaired) electrons. The van der Waals surface area contributed by atoms with Crippen molar-refractivity contribution in [2.45, 2.75) is 46.1 Å². The second-order valence-electron chi connectivity index (χ2n) is 5.40. The number of para-hydroxylation sites is 1. The maximum Gasteiger partial charge on any atom is 0.260 e. The normalized spacial score (nSPS) is 12.9. The smallest absolute Gasteiger partial charge is 0.260 e. The number of ether oxygens (including phenoxy) is 1. The number of likely N-dealkylation sites (N-methyl/N-ethyl adjacent to an activating group) is 1. The zero-order chi connectivity index (χ0) is 13.8. The van der Waals surface area contributed by atoms with Crippen molar-refractivity contribution in [1.29, 1.82) is 0 Å². The van der Waals surface area contributed by atoms with E-state index in [1.807, 2.05) is 31.2 Å². The predicted molar refractivity (Wildman–Crippen MR) is 73.9 cm³/mol. The van der Waals surface area contributed by atoms with Crippen LogP contribution in [0.15, 0.2) is 24.3 Å². The van der Waals surface area contributed by atoms with Crippen LogP contribution in [-0.2, 0) is 10.2 Å². The van der Waals surface area contributed by atoms with Crippen LogP contribution in [0, 0.1) is 0 Å². The summed E-state index contributed by atoms with van der Waals surface area (Å²) in [6.07, 6.45) is -0.478. The molecule has 0 spiro atoms. The Kier molecular flexibility index (Phi) is 4.76. The lowest BCUT2D eigenvalue weighted by Gasteiger charge is -2.24. The molecule has 1 atom stereocenters. The van der Waals surface area contributed by atoms with E-state index >= 15 is 0 Å². The van der Waals surface area contributed by atoms with Crippen LogP contribution >= 0.6 is 0 Å². The zero-order valence-electron chi connectivity index (χ0n) is 11.9. The number of hydrogen-bond acceptors (Lipinski definition) is 2. The van der Waals surface area contributed by atoms with Crippen molar-refractivity contribution in [3.05, 3.63) is 29.8 Å². The summed E-state index contributed by atoms with van der Waals surface area (Å²) >= 11 is 0. The van der Waals surface area contributed by atoms with Gasteiger partial charge in [-0.2, -0.15) is 0 Å². The quantitative estimate of drug-likeness (QED) is 0.891. The molecule has 0 saturated carbocycles. The fraction of sp³-hybridized carbons (Fsp3) is 0.533. The van der Waals surface area contributed by atoms with Crippen molar-refractivity contribution in [3.8, 4) is 5.75 Å². The van der Waals surface area contributed by atoms with Gasteiger partial charge in [-0.1, -0.05) is 39.0 Å². The minimum atomic E-state index is -0.478. The van der Waals surface area contributed by atoms with Crippen LogP contribution in [0.25, 0.3) is 0 Å². The third-order valence-electron chi connectivity index (χ3n) is 2.72. The van der Waals surface area contributed by atoms with Gasteiger partial charge in [0.1, 0.15) is 5.75 Å². The second kappa shape index (κ2) is 5.89. The van der Waals surface area contributed by atoms with Crippen LogP contribution in [0.5, 0.6) is 5.75 Å². The Morgan fingerprint density at radius 2 is 1.94 bits per heavy atom. The van der Waals surface area contributed by atoms with E-state index in [1.54, 1.807) is 6.92 Å². The Morgan fingerprint density at radius 1 is 1.33 bits per heavy atom. The third-order valence-corrected chi connectivity index (χ3v) is 2.72. The van der Waals surface area contributed by atoms with E-state index in [2.05, 4.69) is 26.1 Å². The highest BCUT2D eigenvalue weighted by Gasteiger charge is 2.21. The number of benzene rings is 1. The maximum atomic E-state index is 11.7. The van der Waals surface area contributed by atoms with E-state index in [0.717, 1.165) is 11.3 Å². The van der Waals surface area contributed by atoms with Crippen LogP contribution in [0.3, 0.4) is 0 Å². The van der Waals surface area contributed by atoms with E-state index in [0.29, 0.717) is 6.54 Å². The number of carbonyl (C=O) groups excluding carboxylic acids is 1. The Labute approximate surface area is 110 Å². The minimum absolute atomic E-state index is 0.00243. The molecule has 100 valence electrons. The van der Waals surface area contributed by atoms with Crippen molar-refractivity contribution in [2.75, 3.05) is 6.54 Å². The number of amides is 1. The van der Waals surface area contributed by atoms with E-state index in [4.69, 9.17) is 4.74 Å². The van der Waals surface area contributed by atoms with Gasteiger partial charge in [-0.3, -0.25) is 4.79 Å². The first-order valence-electron chi connectivity index (χ1n) is 6.40. The molecule has 18 heavy (non-hydrogen) atoms. The number of nitrogens with one attached hydrogen (secondary N) is 1. The van der Waals surface area contributed by atoms with Gasteiger partial charge in [-0.05, 0) is 30.9 Å². The molecule has 1 N–H and O–H groups in total. The third kappa shape index (κ3) is 3.76. The molecule has 1 amide bonds. The van der Waals surface area contributed by atoms with Gasteiger partial charge >= 0.3 is 0 Å². The first-order valence-corrected chi connectivity index (χ1v) is 6.40. The highest BCUT2D eigenvalue weighted by atomic mass is 16.5. The molecule has 0 saturated heterocycles. The molecule has 0 aliphatic carbocycles. The predicted octanol–water partition coefficient (Wildman–Crippen LogP) is 2.89. The lowest BCUT2D eigenvalue weighted by atomic mass is 9.86. The van der Waals surface area contributed by atoms with Gasteiger partial charge in [0.05, 0.1) is 0 Å². The minimum Gasteiger partial charge on any atom is -0.481 e. The molecule has 3 heteroatoms. The molecule has 1 unspecified atom stereocenters. The van der Waals surface area contributed by atoms with Gasteiger partial charge in [0.25, 0.3) is 5.91 Å². The summed E-state index contributed by atoms with van der Waals surface area (Å²) < 4.78 is 5.77. The lowest BCUT2D eigenvalue weighted by molar-refractivity contribution is -0.127. The molecule has 1 aromatic rings. The van der Waals surface area contributed by atoms with E-state index in [9.17, 15) is 4.79 Å². The van der Waals surface area contributed by atoms with Crippen LogP contribution < -0.4 is 10.1 Å². The summed E-state index contributed by atoms with van der Waals surface area (Å²) in [5, 5.41) is 2.76. The summed E-state index contributed by atoms with van der Waals surface area (Å²) in [5.41, 5.74) is 1.11. The Bertz CT molecular complexity index is 407. The molecule has 0 bridgehead atoms. The van der Waals surface area contributed by atoms with Crippen molar-refractivity contribution >= 4 is 5.91 Å². The summed E-state index contributed by atoms with van der Waals surface area (Å²) in [7, 11) is 0. The molecular weight excluding hydrogens is 226 g/mol. The molecule has 0 fully saturated rings. The van der Waals surface area contributed by atoms with Crippen molar-refractivity contribution < 1.29 is 9.53 Å². The first-order chi connectivity index (χ1) is 8.36. The summed E-state index contributed by atoms with van der Waals surface area (Å²) in [6.45, 7) is 10.7. The fourth-order valence-corrected chi connectivity index (χ4v) is 1.75. The average molecular weight is 249 g/mol. The molecule has 3 nitrogen and oxygen atoms in total. The summed E-state index contributed by atoms with van der Waals surface area (Å²) in [6, 6.07) is 7.87. The molecule has 0 aliphatic heterocycles. The van der Waals surface area contributed by atoms with Gasteiger partial charge in [0.2, 0.25) is 0 Å². The Morgan fingerprint density at radius 3 is 2.50 bits per heavy atom. The van der Waals surface area contributed by atoms with Crippen LogP contribution in [0.2, 0.25) is 0 Å². The number of rotatable bonds is 4. The van der Waals surface area contributed by atoms with Crippen molar-refractivity contribution in [2.24, 2.45) is 0 Å². The van der Waals surface area contributed by atoms with E-state index in [-0.39, 0.29) is 11.3 Å². The SMILES string of the molecule is CCNC(=O)C(C)Oc1ccccc1C(C)(C)C. The number of hydrogen-bond donors (Lipinski definition) is 1. The van der Waals surface area contributed by atoms with Gasteiger partial charge in [-0.15, -0.1) is 0 Å². The van der Waals surface area contributed by atoms with Gasteiger partial charge in [0.15, 0.2) is 6.10 Å². The highest BCUT2D eigenvalue weighted by molar-refractivity contribution is 5.80. The Hall–Kier alpha value is -1.51. The van der Waals surface area contributed by atoms with E-state index < -0.39 is 6.10 Å². The maximum absolute atomic E-state index is 11.7. The molecule has 1 aromatic carbocycles. The molecule has 0 heterocycles. The molecule has 1 rings (SSSR count). The largest absolute Gasteiger partial charge is 0.481 e. The van der Waals surface area contributed by atoms with Crippen LogP contribution in [0.4, 0.5) is 0 Å². The topological polar surface area (TPSA) is 38.3 Å². The molecule has 0 aromatic heterocycles. The summed E-state index contributed by atoms with van der Waals surface area (Å²) in [5.74, 6) is 0.699. The zero-order valence-corrected chi connectivity index (χ0v) is 11.9. The Balaban J connectivity index is 2.88. The van der Waals surface area contributed by atoms with Crippen molar-refractivity contribution in [3.63, 3.8) is 0 Å². The van der Waals surface area contributed by atoms with Gasteiger partial charge < -0.3 is 10.1 Å². The van der Waals surface area contributed by atoms with Crippen LogP contribution in [-0.4, -0.2) is 18.6 Å². The second-order valence-corrected chi connectivity index (χ2v) is 5.40. The fourth-order valence-electron chi connectivity index (χ4n) is 1.75. The highest BCUT2D eigenvalue weighted by Crippen LogP contribution is 2.31. The molecule has 0 aliphatic rings. The molecular formula is C15H23NO2. The first kappa shape index (κ1) is 14.6. The monoisotopic (exact) mass is 249 g/mol. The lowest BCUT2D eigenvalue weighted by Crippen LogP contribution is -2.36. The van der Waals surface area contributed by atoms with E-state index in [1.165, 1.54) is 0 Å². The average Bonchev–Trinajstić information content (AvgIpc) is 2.28. The standard InChI is InChI=1S/C15H23NO2/c1-6-16-14(17)11(2)18-13-10-8-7-9-12(13)15(3,4)5/h7-11H,6H2,1-5H3,(H,16,17). The van der Waals surface area contributed by atoms with Crippen molar-refractivity contribution in [1.82, 2.24) is 5.32 Å². The number of carbonyl (C=O) groups is 1. The van der Waals surface area contributed by atoms with Crippen LogP contribution in [0.1, 0.15) is 40.2 Å².